The lowest BCUT2D eigenvalue weighted by Crippen LogP contribution is -2.24. The molecule has 0 saturated carbocycles. The van der Waals surface area contributed by atoms with Crippen molar-refractivity contribution in [2.45, 2.75) is 0 Å². The molecule has 7 rings (SSSR count). The molecule has 0 unspecified atom stereocenters. The lowest BCUT2D eigenvalue weighted by atomic mass is 10.1. The zero-order valence-corrected chi connectivity index (χ0v) is 18.5. The van der Waals surface area contributed by atoms with Crippen molar-refractivity contribution in [3.8, 4) is 11.4 Å². The molecule has 0 aliphatic rings. The lowest BCUT2D eigenvalue weighted by molar-refractivity contribution is 0.997. The number of hydrogen-bond acceptors (Lipinski definition) is 6. The standard InChI is InChI=1S/C28H14N4O4/c33-25-17-13-19-20(28(36)32(27(19)35)24-10-2-8-22-16(24)6-4-12-30-22)14-18(17)26(34)31(25)23-9-1-7-21-15(23)5-3-11-29-21/h1-14H. The monoisotopic (exact) mass is 470 g/mol. The maximum absolute atomic E-state index is 13.4. The Kier molecular flexibility index (Phi) is 3.99. The Balaban J connectivity index is 1.55. The van der Waals surface area contributed by atoms with Crippen molar-refractivity contribution < 1.29 is 0 Å². The summed E-state index contributed by atoms with van der Waals surface area (Å²) in [6.45, 7) is 0. The Morgan fingerprint density at radius 2 is 0.833 bits per heavy atom. The van der Waals surface area contributed by atoms with Crippen molar-refractivity contribution >= 4 is 43.4 Å². The summed E-state index contributed by atoms with van der Waals surface area (Å²) in [6, 6.07) is 20.1. The largest absolute Gasteiger partial charge is 0.268 e. The molecule has 0 atom stereocenters. The summed E-state index contributed by atoms with van der Waals surface area (Å²) in [7, 11) is 0. The van der Waals surface area contributed by atoms with Gasteiger partial charge in [-0.15, -0.1) is 0 Å². The lowest BCUT2D eigenvalue weighted by Gasteiger charge is -2.05. The van der Waals surface area contributed by atoms with Crippen molar-refractivity contribution in [2.24, 2.45) is 0 Å². The summed E-state index contributed by atoms with van der Waals surface area (Å²) in [5.74, 6) is 0. The van der Waals surface area contributed by atoms with E-state index in [-0.39, 0.29) is 21.5 Å². The van der Waals surface area contributed by atoms with Gasteiger partial charge in [0.15, 0.2) is 0 Å². The van der Waals surface area contributed by atoms with Gasteiger partial charge in [-0.1, -0.05) is 12.1 Å². The molecule has 170 valence electrons. The molecule has 0 radical (unpaired) electrons. The summed E-state index contributed by atoms with van der Waals surface area (Å²) >= 11 is 0. The van der Waals surface area contributed by atoms with Gasteiger partial charge in [-0.25, -0.2) is 9.13 Å². The van der Waals surface area contributed by atoms with Crippen LogP contribution in [0, 0.1) is 0 Å². The topological polar surface area (TPSA) is 104 Å². The number of benzene rings is 3. The minimum absolute atomic E-state index is 0.0854. The number of pyridine rings is 2. The Bertz CT molecular complexity index is 2010. The minimum Gasteiger partial charge on any atom is -0.268 e. The second-order valence-corrected chi connectivity index (χ2v) is 8.53. The second-order valence-electron chi connectivity index (χ2n) is 8.53. The van der Waals surface area contributed by atoms with E-state index in [1.165, 1.54) is 12.1 Å². The van der Waals surface area contributed by atoms with Crippen LogP contribution in [0.25, 0.3) is 54.7 Å². The van der Waals surface area contributed by atoms with Crippen LogP contribution in [0.3, 0.4) is 0 Å². The zero-order chi connectivity index (χ0) is 24.6. The minimum atomic E-state index is -0.554. The normalized spacial score (nSPS) is 11.8. The van der Waals surface area contributed by atoms with E-state index in [1.807, 2.05) is 0 Å². The molecule has 0 saturated heterocycles. The van der Waals surface area contributed by atoms with Crippen LogP contribution in [0.2, 0.25) is 0 Å². The van der Waals surface area contributed by atoms with Crippen LogP contribution in [0.15, 0.2) is 104 Å². The van der Waals surface area contributed by atoms with Crippen LogP contribution in [0.4, 0.5) is 0 Å². The van der Waals surface area contributed by atoms with Crippen LogP contribution < -0.4 is 22.2 Å². The summed E-state index contributed by atoms with van der Waals surface area (Å²) in [6.07, 6.45) is 3.27. The van der Waals surface area contributed by atoms with Crippen LogP contribution >= 0.6 is 0 Å². The first-order chi connectivity index (χ1) is 17.5. The summed E-state index contributed by atoms with van der Waals surface area (Å²) < 4.78 is 2.15. The third-order valence-electron chi connectivity index (χ3n) is 6.62. The van der Waals surface area contributed by atoms with Gasteiger partial charge in [-0.2, -0.15) is 0 Å². The van der Waals surface area contributed by atoms with Crippen molar-refractivity contribution in [1.82, 2.24) is 19.1 Å². The maximum Gasteiger partial charge on any atom is 0.266 e. The molecule has 0 spiro atoms. The van der Waals surface area contributed by atoms with Gasteiger partial charge in [-0.05, 0) is 60.7 Å². The average Bonchev–Trinajstić information content (AvgIpc) is 3.30. The van der Waals surface area contributed by atoms with Gasteiger partial charge < -0.3 is 0 Å². The summed E-state index contributed by atoms with van der Waals surface area (Å²) in [5, 5.41) is 1.63. The fourth-order valence-corrected chi connectivity index (χ4v) is 4.98. The molecule has 4 aromatic heterocycles. The highest BCUT2D eigenvalue weighted by atomic mass is 16.2. The third kappa shape index (κ3) is 2.58. The molecule has 0 aliphatic carbocycles. The van der Waals surface area contributed by atoms with Gasteiger partial charge in [0.25, 0.3) is 22.2 Å². The number of fused-ring (bicyclic) bond motifs is 4. The number of nitrogens with zero attached hydrogens (tertiary/aromatic N) is 4. The maximum atomic E-state index is 13.4. The first-order valence-corrected chi connectivity index (χ1v) is 11.2. The van der Waals surface area contributed by atoms with Crippen molar-refractivity contribution in [3.63, 3.8) is 0 Å². The van der Waals surface area contributed by atoms with Gasteiger partial charge >= 0.3 is 0 Å². The Hall–Kier alpha value is -5.24. The second kappa shape index (κ2) is 7.13. The molecule has 4 heterocycles. The molecule has 0 N–H and O–H groups in total. The number of hydrogen-bond donors (Lipinski definition) is 0. The molecule has 0 bridgehead atoms. The van der Waals surface area contributed by atoms with E-state index in [0.29, 0.717) is 33.2 Å². The van der Waals surface area contributed by atoms with E-state index < -0.39 is 22.2 Å². The molecular weight excluding hydrogens is 456 g/mol. The van der Waals surface area contributed by atoms with Crippen LogP contribution in [-0.4, -0.2) is 19.1 Å². The van der Waals surface area contributed by atoms with E-state index in [1.54, 1.807) is 73.1 Å². The van der Waals surface area contributed by atoms with E-state index in [9.17, 15) is 19.2 Å². The molecule has 8 nitrogen and oxygen atoms in total. The molecular formula is C28H14N4O4. The predicted molar refractivity (Wildman–Crippen MR) is 138 cm³/mol. The van der Waals surface area contributed by atoms with E-state index in [4.69, 9.17) is 0 Å². The molecule has 0 aliphatic heterocycles. The van der Waals surface area contributed by atoms with E-state index in [2.05, 4.69) is 9.97 Å². The SMILES string of the molecule is O=c1c2cc3c(=O)n(-c4cccc5ncccc45)c(=O)c3cc2c(=O)n1-c1cccc2ncccc12. The molecule has 8 heteroatoms. The third-order valence-corrected chi connectivity index (χ3v) is 6.62. The van der Waals surface area contributed by atoms with Gasteiger partial charge in [0.1, 0.15) is 0 Å². The first-order valence-electron chi connectivity index (χ1n) is 11.2. The molecule has 0 fully saturated rings. The highest BCUT2D eigenvalue weighted by Gasteiger charge is 2.22. The molecule has 7 aromatic rings. The zero-order valence-electron chi connectivity index (χ0n) is 18.5. The Morgan fingerprint density at radius 1 is 0.444 bits per heavy atom. The molecule has 36 heavy (non-hydrogen) atoms. The van der Waals surface area contributed by atoms with Crippen LogP contribution in [0.1, 0.15) is 0 Å². The highest BCUT2D eigenvalue weighted by Crippen LogP contribution is 2.23. The predicted octanol–water partition coefficient (Wildman–Crippen LogP) is 2.99. The van der Waals surface area contributed by atoms with Gasteiger partial charge in [0, 0.05) is 23.2 Å². The fourth-order valence-electron chi connectivity index (χ4n) is 4.98. The Labute approximate surface area is 200 Å². The van der Waals surface area contributed by atoms with Gasteiger partial charge in [0.2, 0.25) is 0 Å². The van der Waals surface area contributed by atoms with Gasteiger partial charge in [0.05, 0.1) is 44.0 Å². The van der Waals surface area contributed by atoms with Crippen molar-refractivity contribution in [3.05, 3.63) is 127 Å². The average molecular weight is 470 g/mol. The first kappa shape index (κ1) is 20.2. The highest BCUT2D eigenvalue weighted by molar-refractivity contribution is 5.99. The molecule has 0 amide bonds. The van der Waals surface area contributed by atoms with Gasteiger partial charge in [-0.3, -0.25) is 29.1 Å². The number of rotatable bonds is 2. The summed E-state index contributed by atoms with van der Waals surface area (Å²) in [5.41, 5.74) is -0.142. The van der Waals surface area contributed by atoms with Crippen LogP contribution in [0.5, 0.6) is 0 Å². The summed E-state index contributed by atoms with van der Waals surface area (Å²) in [4.78, 5) is 62.3. The number of aromatic nitrogens is 4. The smallest absolute Gasteiger partial charge is 0.266 e. The quantitative estimate of drug-likeness (QED) is 0.385. The van der Waals surface area contributed by atoms with Crippen molar-refractivity contribution in [2.75, 3.05) is 0 Å². The van der Waals surface area contributed by atoms with E-state index in [0.717, 1.165) is 9.13 Å². The van der Waals surface area contributed by atoms with Crippen LogP contribution in [-0.2, 0) is 0 Å². The van der Waals surface area contributed by atoms with E-state index >= 15 is 0 Å². The molecule has 3 aromatic carbocycles. The Morgan fingerprint density at radius 3 is 1.22 bits per heavy atom. The fraction of sp³-hybridized carbons (Fsp3) is 0. The van der Waals surface area contributed by atoms with Crippen molar-refractivity contribution in [1.29, 1.82) is 0 Å².